The average Bonchev–Trinajstić information content (AvgIpc) is 3.11. The molecular weight excluding hydrogens is 435 g/mol. The van der Waals surface area contributed by atoms with E-state index in [1.54, 1.807) is 50.6 Å². The molecule has 0 spiro atoms. The van der Waals surface area contributed by atoms with Crippen LogP contribution < -0.4 is 10.1 Å². The molecule has 0 unspecified atom stereocenters. The first-order valence-electron chi connectivity index (χ1n) is 10.3. The van der Waals surface area contributed by atoms with Gasteiger partial charge in [0.2, 0.25) is 5.95 Å². The maximum atomic E-state index is 14.4. The molecule has 1 saturated carbocycles. The van der Waals surface area contributed by atoms with Crippen molar-refractivity contribution in [2.24, 2.45) is 0 Å². The Labute approximate surface area is 186 Å². The van der Waals surface area contributed by atoms with E-state index < -0.39 is 20.5 Å². The maximum absolute atomic E-state index is 14.4. The molecule has 1 aliphatic carbocycles. The molecule has 0 amide bonds. The summed E-state index contributed by atoms with van der Waals surface area (Å²) in [5.41, 5.74) is 1.55. The Morgan fingerprint density at radius 1 is 1.19 bits per heavy atom. The lowest BCUT2D eigenvalue weighted by atomic mass is 9.89. The predicted octanol–water partition coefficient (Wildman–Crippen LogP) is 3.71. The number of halogens is 1. The second kappa shape index (κ2) is 8.00. The van der Waals surface area contributed by atoms with Crippen LogP contribution >= 0.6 is 0 Å². The molecule has 1 N–H and O–H groups in total. The van der Waals surface area contributed by atoms with Crippen LogP contribution in [0.15, 0.2) is 35.5 Å². The van der Waals surface area contributed by atoms with Gasteiger partial charge in [-0.1, -0.05) is 0 Å². The van der Waals surface area contributed by atoms with E-state index >= 15 is 0 Å². The molecule has 0 saturated heterocycles. The van der Waals surface area contributed by atoms with Crippen LogP contribution in [0.5, 0.6) is 5.75 Å². The molecule has 3 heterocycles. The van der Waals surface area contributed by atoms with E-state index in [0.29, 0.717) is 22.7 Å². The van der Waals surface area contributed by atoms with E-state index in [2.05, 4.69) is 15.3 Å². The molecule has 3 aromatic rings. The van der Waals surface area contributed by atoms with Gasteiger partial charge in [-0.25, -0.2) is 18.4 Å². The quantitative estimate of drug-likeness (QED) is 0.558. The highest BCUT2D eigenvalue weighted by atomic mass is 32.2. The summed E-state index contributed by atoms with van der Waals surface area (Å²) in [5.74, 6) is -0.0188. The van der Waals surface area contributed by atoms with Gasteiger partial charge < -0.3 is 14.8 Å². The molecule has 1 aliphatic rings. The Morgan fingerprint density at radius 2 is 1.91 bits per heavy atom. The Bertz CT molecular complexity index is 1260. The monoisotopic (exact) mass is 462 g/mol. The zero-order chi connectivity index (χ0) is 23.3. The van der Waals surface area contributed by atoms with Gasteiger partial charge in [0, 0.05) is 37.0 Å². The first-order chi connectivity index (χ1) is 15.0. The van der Waals surface area contributed by atoms with Crippen molar-refractivity contribution in [1.82, 2.24) is 14.4 Å². The fraction of sp³-hybridized carbons (Fsp3) is 0.455. The molecule has 0 aliphatic heterocycles. The minimum absolute atomic E-state index is 0.0483. The number of methoxy groups -OCH3 is 2. The average molecular weight is 463 g/mol. The number of hydrogen-bond donors (Lipinski definition) is 1. The van der Waals surface area contributed by atoms with Crippen LogP contribution in [0.3, 0.4) is 0 Å². The number of anilines is 1. The van der Waals surface area contributed by atoms with Crippen LogP contribution in [0, 0.1) is 5.95 Å². The number of ether oxygens (including phenoxy) is 2. The van der Waals surface area contributed by atoms with E-state index in [4.69, 9.17) is 9.47 Å². The highest BCUT2D eigenvalue weighted by Gasteiger charge is 2.34. The molecule has 32 heavy (non-hydrogen) atoms. The minimum Gasteiger partial charge on any atom is -0.495 e. The molecular formula is C22H27FN4O4S. The molecule has 10 heteroatoms. The molecule has 0 atom stereocenters. The van der Waals surface area contributed by atoms with Gasteiger partial charge in [0.25, 0.3) is 0 Å². The van der Waals surface area contributed by atoms with Gasteiger partial charge in [0.15, 0.2) is 9.84 Å². The number of hydrogen-bond acceptors (Lipinski definition) is 7. The summed E-state index contributed by atoms with van der Waals surface area (Å²) in [7, 11) is -0.615. The zero-order valence-corrected chi connectivity index (χ0v) is 19.5. The van der Waals surface area contributed by atoms with Gasteiger partial charge in [-0.3, -0.25) is 4.40 Å². The summed E-state index contributed by atoms with van der Waals surface area (Å²) in [6.07, 6.45) is 4.92. The number of pyridine rings is 2. The third kappa shape index (κ3) is 3.93. The second-order valence-electron chi connectivity index (χ2n) is 8.93. The number of rotatable bonds is 6. The zero-order valence-electron chi connectivity index (χ0n) is 18.7. The first kappa shape index (κ1) is 22.5. The van der Waals surface area contributed by atoms with Crippen LogP contribution in [0.25, 0.3) is 16.9 Å². The van der Waals surface area contributed by atoms with Crippen LogP contribution in [0.4, 0.5) is 10.2 Å². The van der Waals surface area contributed by atoms with E-state index in [-0.39, 0.29) is 22.8 Å². The smallest absolute Gasteiger partial charge is 0.215 e. The molecule has 8 nitrogen and oxygen atoms in total. The van der Waals surface area contributed by atoms with Gasteiger partial charge in [-0.2, -0.15) is 4.39 Å². The van der Waals surface area contributed by atoms with Gasteiger partial charge in [-0.15, -0.1) is 0 Å². The van der Waals surface area contributed by atoms with Crippen molar-refractivity contribution in [3.05, 3.63) is 36.5 Å². The van der Waals surface area contributed by atoms with Gasteiger partial charge in [-0.05, 0) is 39.7 Å². The van der Waals surface area contributed by atoms with Crippen LogP contribution in [0.2, 0.25) is 0 Å². The summed E-state index contributed by atoms with van der Waals surface area (Å²) < 4.78 is 51.9. The minimum atomic E-state index is -3.71. The molecule has 0 radical (unpaired) electrons. The molecule has 172 valence electrons. The summed E-state index contributed by atoms with van der Waals surface area (Å²) in [4.78, 5) is 8.36. The molecule has 3 aromatic heterocycles. The number of nitrogens with zero attached hydrogens (tertiary/aromatic N) is 3. The van der Waals surface area contributed by atoms with Gasteiger partial charge >= 0.3 is 0 Å². The molecule has 1 fully saturated rings. The van der Waals surface area contributed by atoms with Gasteiger partial charge in [0.1, 0.15) is 22.1 Å². The molecule has 0 bridgehead atoms. The summed E-state index contributed by atoms with van der Waals surface area (Å²) >= 11 is 0. The van der Waals surface area contributed by atoms with Crippen molar-refractivity contribution < 1.29 is 22.3 Å². The maximum Gasteiger partial charge on any atom is 0.215 e. The number of imidazole rings is 1. The molecule has 0 aromatic carbocycles. The van der Waals surface area contributed by atoms with E-state index in [0.717, 1.165) is 12.8 Å². The fourth-order valence-corrected chi connectivity index (χ4v) is 5.01. The highest BCUT2D eigenvalue weighted by molar-refractivity contribution is 7.92. The van der Waals surface area contributed by atoms with E-state index in [1.807, 2.05) is 0 Å². The number of fused-ring (bicyclic) bond motifs is 1. The standard InChI is InChI=1S/C22H27FN4O4S/c1-22(2,3)32(28,29)18-12-27-16(11-24-21(27)10-17(18)31-5)13-6-19(23)26-20(7-13)25-14-8-15(9-14)30-4/h6-7,10-12,14-15H,8-9H2,1-5H3,(H,25,26)/t14-,15-. The fourth-order valence-electron chi connectivity index (χ4n) is 3.70. The van der Waals surface area contributed by atoms with Crippen LogP contribution in [-0.4, -0.2) is 53.9 Å². The first-order valence-corrected chi connectivity index (χ1v) is 11.8. The van der Waals surface area contributed by atoms with Gasteiger partial charge in [0.05, 0.1) is 29.9 Å². The van der Waals surface area contributed by atoms with Crippen molar-refractivity contribution in [3.63, 3.8) is 0 Å². The summed E-state index contributed by atoms with van der Waals surface area (Å²) in [6, 6.07) is 4.76. The lowest BCUT2D eigenvalue weighted by Gasteiger charge is -2.34. The largest absolute Gasteiger partial charge is 0.495 e. The Hall–Kier alpha value is -2.72. The van der Waals surface area contributed by atoms with E-state index in [9.17, 15) is 12.8 Å². The lowest BCUT2D eigenvalue weighted by Crippen LogP contribution is -2.40. The SMILES string of the molecule is COc1cc2ncc(-c3cc(F)nc(N[C@H]4C[C@H](OC)C4)c3)n2cc1S(=O)(=O)C(C)(C)C. The third-order valence-electron chi connectivity index (χ3n) is 5.76. The summed E-state index contributed by atoms with van der Waals surface area (Å²) in [5, 5.41) is 3.23. The number of nitrogens with one attached hydrogen (secondary N) is 1. The van der Waals surface area contributed by atoms with Crippen LogP contribution in [0.1, 0.15) is 33.6 Å². The highest BCUT2D eigenvalue weighted by Crippen LogP contribution is 2.35. The second-order valence-corrected chi connectivity index (χ2v) is 11.6. The van der Waals surface area contributed by atoms with Crippen molar-refractivity contribution in [2.75, 3.05) is 19.5 Å². The Kier molecular flexibility index (Phi) is 5.62. The normalized spacial score (nSPS) is 19.1. The van der Waals surface area contributed by atoms with E-state index in [1.165, 1.54) is 19.4 Å². The van der Waals surface area contributed by atoms with Crippen molar-refractivity contribution in [3.8, 4) is 17.0 Å². The van der Waals surface area contributed by atoms with Crippen LogP contribution in [-0.2, 0) is 14.6 Å². The summed E-state index contributed by atoms with van der Waals surface area (Å²) in [6.45, 7) is 4.89. The van der Waals surface area contributed by atoms with Crippen molar-refractivity contribution in [2.45, 2.75) is 55.4 Å². The predicted molar refractivity (Wildman–Crippen MR) is 119 cm³/mol. The Balaban J connectivity index is 1.78. The van der Waals surface area contributed by atoms with Crippen molar-refractivity contribution in [1.29, 1.82) is 0 Å². The Morgan fingerprint density at radius 3 is 2.53 bits per heavy atom. The molecule has 4 rings (SSSR count). The topological polar surface area (TPSA) is 94.8 Å². The number of aromatic nitrogens is 3. The third-order valence-corrected chi connectivity index (χ3v) is 8.26. The number of sulfone groups is 1. The van der Waals surface area contributed by atoms with Crippen molar-refractivity contribution >= 4 is 21.3 Å². The lowest BCUT2D eigenvalue weighted by molar-refractivity contribution is 0.0328.